The molecule has 0 spiro atoms. The fourth-order valence-electron chi connectivity index (χ4n) is 3.63. The molecule has 7 nitrogen and oxygen atoms in total. The monoisotopic (exact) mass is 376 g/mol. The standard InChI is InChI=1S/C21H16N2O5/c1-10-16(11(2)20(25)27-3)17-18-13(9-14(22-17)21(26)28-4)12-7-5-6-8-15(12)23(18)19(10)24/h5-9H,2H2,1,3-4H3. The molecule has 0 radical (unpaired) electrons. The number of hydrogen-bond acceptors (Lipinski definition) is 6. The van der Waals surface area contributed by atoms with Crippen molar-refractivity contribution in [1.29, 1.82) is 0 Å². The summed E-state index contributed by atoms with van der Waals surface area (Å²) in [5.41, 5.74) is 1.88. The van der Waals surface area contributed by atoms with Gasteiger partial charge in [-0.2, -0.15) is 0 Å². The Morgan fingerprint density at radius 1 is 1.11 bits per heavy atom. The predicted molar refractivity (Wildman–Crippen MR) is 105 cm³/mol. The van der Waals surface area contributed by atoms with E-state index >= 15 is 0 Å². The molecule has 3 heterocycles. The summed E-state index contributed by atoms with van der Waals surface area (Å²) in [6.07, 6.45) is 0. The number of carbonyl (C=O) groups is 2. The van der Waals surface area contributed by atoms with E-state index in [0.29, 0.717) is 27.5 Å². The molecule has 0 saturated carbocycles. The Bertz CT molecular complexity index is 1370. The molecule has 0 amide bonds. The highest BCUT2D eigenvalue weighted by molar-refractivity contribution is 6.23. The molecule has 0 aliphatic rings. The van der Waals surface area contributed by atoms with Gasteiger partial charge in [-0.3, -0.25) is 9.20 Å². The number of esters is 2. The lowest BCUT2D eigenvalue weighted by Crippen LogP contribution is -2.20. The number of nitrogens with zero attached hydrogens (tertiary/aromatic N) is 2. The lowest BCUT2D eigenvalue weighted by Gasteiger charge is -2.12. The quantitative estimate of drug-likeness (QED) is 0.404. The molecule has 28 heavy (non-hydrogen) atoms. The molecule has 0 fully saturated rings. The smallest absolute Gasteiger partial charge is 0.356 e. The van der Waals surface area contributed by atoms with Crippen LogP contribution in [0.1, 0.15) is 21.6 Å². The van der Waals surface area contributed by atoms with Crippen molar-refractivity contribution in [2.75, 3.05) is 14.2 Å². The molecule has 4 aromatic rings. The van der Waals surface area contributed by atoms with Crippen molar-refractivity contribution < 1.29 is 19.1 Å². The molecule has 0 aliphatic carbocycles. The highest BCUT2D eigenvalue weighted by atomic mass is 16.5. The Hall–Kier alpha value is -3.74. The summed E-state index contributed by atoms with van der Waals surface area (Å²) in [5.74, 6) is -1.29. The molecule has 140 valence electrons. The summed E-state index contributed by atoms with van der Waals surface area (Å²) in [4.78, 5) is 42.0. The molecule has 0 aliphatic heterocycles. The summed E-state index contributed by atoms with van der Waals surface area (Å²) in [5, 5.41) is 1.45. The van der Waals surface area contributed by atoms with E-state index in [2.05, 4.69) is 11.6 Å². The molecular weight excluding hydrogens is 360 g/mol. The maximum atomic E-state index is 13.2. The van der Waals surface area contributed by atoms with E-state index < -0.39 is 11.9 Å². The van der Waals surface area contributed by atoms with Crippen LogP contribution >= 0.6 is 0 Å². The largest absolute Gasteiger partial charge is 0.465 e. The number of rotatable bonds is 3. The van der Waals surface area contributed by atoms with Gasteiger partial charge in [0.2, 0.25) is 0 Å². The lowest BCUT2D eigenvalue weighted by molar-refractivity contribution is -0.133. The molecular formula is C21H16N2O5. The number of methoxy groups -OCH3 is 2. The Labute approximate surface area is 159 Å². The van der Waals surface area contributed by atoms with Crippen molar-refractivity contribution in [2.45, 2.75) is 6.92 Å². The van der Waals surface area contributed by atoms with Crippen molar-refractivity contribution in [2.24, 2.45) is 0 Å². The molecule has 4 rings (SSSR count). The first-order valence-electron chi connectivity index (χ1n) is 8.46. The number of hydrogen-bond donors (Lipinski definition) is 0. The van der Waals surface area contributed by atoms with Crippen molar-refractivity contribution in [3.8, 4) is 0 Å². The third-order valence-electron chi connectivity index (χ3n) is 4.92. The van der Waals surface area contributed by atoms with Crippen LogP contribution in [-0.4, -0.2) is 35.5 Å². The Morgan fingerprint density at radius 2 is 1.82 bits per heavy atom. The van der Waals surface area contributed by atoms with Crippen LogP contribution in [0.2, 0.25) is 0 Å². The Morgan fingerprint density at radius 3 is 2.50 bits per heavy atom. The lowest BCUT2D eigenvalue weighted by atomic mass is 10.00. The number of carbonyl (C=O) groups excluding carboxylic acids is 2. The second kappa shape index (κ2) is 6.16. The van der Waals surface area contributed by atoms with Gasteiger partial charge in [0.05, 0.1) is 36.3 Å². The summed E-state index contributed by atoms with van der Waals surface area (Å²) in [6.45, 7) is 5.39. The normalized spacial score (nSPS) is 11.2. The van der Waals surface area contributed by atoms with Crippen LogP contribution in [-0.2, 0) is 14.3 Å². The van der Waals surface area contributed by atoms with Gasteiger partial charge in [-0.25, -0.2) is 14.6 Å². The third-order valence-corrected chi connectivity index (χ3v) is 4.92. The van der Waals surface area contributed by atoms with E-state index in [9.17, 15) is 14.4 Å². The zero-order valence-electron chi connectivity index (χ0n) is 15.5. The molecule has 3 aromatic heterocycles. The first-order valence-corrected chi connectivity index (χ1v) is 8.46. The summed E-state index contributed by atoms with van der Waals surface area (Å²) < 4.78 is 11.2. The summed E-state index contributed by atoms with van der Waals surface area (Å²) in [7, 11) is 2.50. The van der Waals surface area contributed by atoms with Gasteiger partial charge in [0.1, 0.15) is 5.69 Å². The number of aromatic nitrogens is 2. The average Bonchev–Trinajstić information content (AvgIpc) is 3.05. The number of fused-ring (bicyclic) bond motifs is 3. The van der Waals surface area contributed by atoms with Gasteiger partial charge in [0.25, 0.3) is 5.56 Å². The van der Waals surface area contributed by atoms with Gasteiger partial charge in [-0.1, -0.05) is 24.8 Å². The molecule has 7 heteroatoms. The minimum atomic E-state index is -0.676. The van der Waals surface area contributed by atoms with Crippen LogP contribution < -0.4 is 5.56 Å². The van der Waals surface area contributed by atoms with Crippen LogP contribution in [0, 0.1) is 6.92 Å². The van der Waals surface area contributed by atoms with E-state index in [1.807, 2.05) is 24.3 Å². The SMILES string of the molecule is C=C(C(=O)OC)c1c(C)c(=O)n2c3ccccc3c3cc(C(=O)OC)nc1c32. The van der Waals surface area contributed by atoms with Crippen molar-refractivity contribution in [3.05, 3.63) is 64.1 Å². The first kappa shape index (κ1) is 17.7. The number of ether oxygens (including phenoxy) is 2. The predicted octanol–water partition coefficient (Wildman–Crippen LogP) is 2.72. The number of pyridine rings is 2. The van der Waals surface area contributed by atoms with E-state index in [4.69, 9.17) is 9.47 Å². The van der Waals surface area contributed by atoms with Crippen LogP contribution in [0.4, 0.5) is 0 Å². The van der Waals surface area contributed by atoms with Crippen molar-refractivity contribution >= 4 is 44.8 Å². The van der Waals surface area contributed by atoms with Crippen molar-refractivity contribution in [1.82, 2.24) is 9.38 Å². The van der Waals surface area contributed by atoms with Crippen molar-refractivity contribution in [3.63, 3.8) is 0 Å². The maximum absolute atomic E-state index is 13.2. The fraction of sp³-hybridized carbons (Fsp3) is 0.143. The Balaban J connectivity index is 2.31. The minimum Gasteiger partial charge on any atom is -0.465 e. The second-order valence-electron chi connectivity index (χ2n) is 6.37. The van der Waals surface area contributed by atoms with Gasteiger partial charge >= 0.3 is 11.9 Å². The third kappa shape index (κ3) is 2.22. The zero-order chi connectivity index (χ0) is 20.2. The number of benzene rings is 1. The van der Waals surface area contributed by atoms with Gasteiger partial charge in [0, 0.05) is 21.9 Å². The van der Waals surface area contributed by atoms with Gasteiger partial charge in [-0.05, 0) is 19.1 Å². The first-order chi connectivity index (χ1) is 13.4. The molecule has 0 bridgehead atoms. The van der Waals surface area contributed by atoms with E-state index in [0.717, 1.165) is 5.39 Å². The van der Waals surface area contributed by atoms with E-state index in [1.165, 1.54) is 14.2 Å². The van der Waals surface area contributed by atoms with Crippen LogP contribution in [0.5, 0.6) is 0 Å². The highest BCUT2D eigenvalue weighted by Gasteiger charge is 2.26. The van der Waals surface area contributed by atoms with Crippen LogP contribution in [0.15, 0.2) is 41.7 Å². The highest BCUT2D eigenvalue weighted by Crippen LogP contribution is 2.35. The summed E-state index contributed by atoms with van der Waals surface area (Å²) >= 11 is 0. The number of para-hydroxylation sites is 1. The van der Waals surface area contributed by atoms with Gasteiger partial charge in [-0.15, -0.1) is 0 Å². The molecule has 0 unspecified atom stereocenters. The fourth-order valence-corrected chi connectivity index (χ4v) is 3.63. The molecule has 1 aromatic carbocycles. The average molecular weight is 376 g/mol. The van der Waals surface area contributed by atoms with Crippen LogP contribution in [0.25, 0.3) is 32.9 Å². The zero-order valence-corrected chi connectivity index (χ0v) is 15.5. The second-order valence-corrected chi connectivity index (χ2v) is 6.37. The van der Waals surface area contributed by atoms with E-state index in [-0.39, 0.29) is 22.4 Å². The minimum absolute atomic E-state index is 0.000622. The van der Waals surface area contributed by atoms with Gasteiger partial charge < -0.3 is 9.47 Å². The summed E-state index contributed by atoms with van der Waals surface area (Å²) in [6, 6.07) is 8.95. The Kier molecular flexibility index (Phi) is 3.88. The topological polar surface area (TPSA) is 87.0 Å². The molecule has 0 saturated heterocycles. The van der Waals surface area contributed by atoms with Crippen LogP contribution in [0.3, 0.4) is 0 Å². The molecule has 0 atom stereocenters. The molecule has 0 N–H and O–H groups in total. The maximum Gasteiger partial charge on any atom is 0.356 e. The van der Waals surface area contributed by atoms with Gasteiger partial charge in [0.15, 0.2) is 0 Å². The van der Waals surface area contributed by atoms with E-state index in [1.54, 1.807) is 17.4 Å².